The minimum atomic E-state index is -0.207. The average molecular weight is 499 g/mol. The van der Waals surface area contributed by atoms with Crippen molar-refractivity contribution >= 4 is 40.4 Å². The number of benzene rings is 3. The summed E-state index contributed by atoms with van der Waals surface area (Å²) >= 11 is 7.57. The number of hydrogen-bond acceptors (Lipinski definition) is 5. The van der Waals surface area contributed by atoms with Crippen molar-refractivity contribution in [3.8, 4) is 11.4 Å². The van der Waals surface area contributed by atoms with Crippen molar-refractivity contribution in [3.05, 3.63) is 102 Å². The van der Waals surface area contributed by atoms with Gasteiger partial charge in [-0.3, -0.25) is 4.90 Å². The molecule has 1 unspecified atom stereocenters. The van der Waals surface area contributed by atoms with Crippen LogP contribution in [0.5, 0.6) is 0 Å². The first-order valence-corrected chi connectivity index (χ1v) is 13.2. The van der Waals surface area contributed by atoms with Gasteiger partial charge in [-0.25, -0.2) is 0 Å². The molecule has 1 aliphatic rings. The van der Waals surface area contributed by atoms with Crippen LogP contribution < -0.4 is 10.2 Å². The van der Waals surface area contributed by atoms with Crippen LogP contribution in [-0.2, 0) is 6.42 Å². The number of nitrogens with zero attached hydrogens (tertiary/aromatic N) is 3. The van der Waals surface area contributed by atoms with Crippen LogP contribution in [0.1, 0.15) is 36.9 Å². The molecule has 0 fully saturated rings. The first kappa shape index (κ1) is 23.3. The molecule has 1 aromatic heterocycles. The van der Waals surface area contributed by atoms with Crippen molar-refractivity contribution < 1.29 is 4.52 Å². The van der Waals surface area contributed by atoms with E-state index in [0.29, 0.717) is 16.8 Å². The smallest absolute Gasteiger partial charge is 0.258 e. The fourth-order valence-corrected chi connectivity index (χ4v) is 5.10. The Morgan fingerprint density at radius 2 is 1.80 bits per heavy atom. The molecule has 0 saturated carbocycles. The number of thiocarbonyl (C=S) groups is 1. The quantitative estimate of drug-likeness (QED) is 0.229. The molecule has 1 aliphatic heterocycles. The molecule has 0 saturated heterocycles. The number of allylic oxidation sites excluding steroid dienone is 1. The van der Waals surface area contributed by atoms with Crippen LogP contribution in [0.3, 0.4) is 0 Å². The molecule has 2 heterocycles. The van der Waals surface area contributed by atoms with Crippen LogP contribution in [0.15, 0.2) is 94.0 Å². The highest BCUT2D eigenvalue weighted by Crippen LogP contribution is 2.39. The summed E-state index contributed by atoms with van der Waals surface area (Å²) < 4.78 is 5.87. The Balaban J connectivity index is 1.63. The van der Waals surface area contributed by atoms with E-state index in [2.05, 4.69) is 84.0 Å². The molecule has 5 rings (SSSR count). The van der Waals surface area contributed by atoms with Crippen LogP contribution in [-0.4, -0.2) is 21.5 Å². The van der Waals surface area contributed by atoms with E-state index >= 15 is 0 Å². The van der Waals surface area contributed by atoms with Gasteiger partial charge < -0.3 is 9.84 Å². The Labute approximate surface area is 215 Å². The van der Waals surface area contributed by atoms with Crippen LogP contribution in [0.25, 0.3) is 17.0 Å². The summed E-state index contributed by atoms with van der Waals surface area (Å²) in [5, 5.41) is 8.49. The molecule has 35 heavy (non-hydrogen) atoms. The summed E-state index contributed by atoms with van der Waals surface area (Å²) in [7, 11) is 0. The summed E-state index contributed by atoms with van der Waals surface area (Å²) in [6.07, 6.45) is 3.01. The lowest BCUT2D eigenvalue weighted by molar-refractivity contribution is 0.404. The maximum Gasteiger partial charge on any atom is 0.258 e. The minimum absolute atomic E-state index is 0.207. The fourth-order valence-electron chi connectivity index (χ4n) is 4.33. The van der Waals surface area contributed by atoms with Gasteiger partial charge in [0.05, 0.1) is 11.6 Å². The second-order valence-corrected chi connectivity index (χ2v) is 9.57. The highest BCUT2D eigenvalue weighted by Gasteiger charge is 2.34. The summed E-state index contributed by atoms with van der Waals surface area (Å²) in [5.74, 6) is 1.04. The lowest BCUT2D eigenvalue weighted by atomic mass is 9.94. The van der Waals surface area contributed by atoms with E-state index in [0.717, 1.165) is 34.5 Å². The zero-order valence-corrected chi connectivity index (χ0v) is 21.5. The first-order chi connectivity index (χ1) is 17.1. The first-order valence-electron chi connectivity index (χ1n) is 11.5. The van der Waals surface area contributed by atoms with Crippen LogP contribution in [0.4, 0.5) is 5.69 Å². The molecule has 0 aliphatic carbocycles. The third-order valence-corrected chi connectivity index (χ3v) is 7.24. The van der Waals surface area contributed by atoms with Gasteiger partial charge in [-0.15, -0.1) is 11.8 Å². The van der Waals surface area contributed by atoms with Gasteiger partial charge in [0.1, 0.15) is 0 Å². The second kappa shape index (κ2) is 10.1. The zero-order valence-electron chi connectivity index (χ0n) is 19.9. The largest absolute Gasteiger partial charge is 0.351 e. The van der Waals surface area contributed by atoms with Gasteiger partial charge in [0, 0.05) is 21.8 Å². The number of hydrogen-bond donors (Lipinski definition) is 1. The van der Waals surface area contributed by atoms with Crippen LogP contribution in [0, 0.1) is 0 Å². The SMILES string of the molecule is CCc1cccc(N2C(=S)NC(c3ccccc3)C(c3nc(-c4ccc(SC)cc4)no3)=C2C)c1. The maximum atomic E-state index is 5.87. The highest BCUT2D eigenvalue weighted by atomic mass is 32.2. The molecule has 0 bridgehead atoms. The molecule has 0 amide bonds. The van der Waals surface area contributed by atoms with E-state index in [9.17, 15) is 0 Å². The Morgan fingerprint density at radius 1 is 1.03 bits per heavy atom. The van der Waals surface area contributed by atoms with Gasteiger partial charge in [0.2, 0.25) is 5.82 Å². The average Bonchev–Trinajstić information content (AvgIpc) is 3.39. The summed E-state index contributed by atoms with van der Waals surface area (Å²) in [6, 6.07) is 26.6. The molecule has 176 valence electrons. The Kier molecular flexibility index (Phi) is 6.70. The molecule has 1 N–H and O–H groups in total. The standard InChI is InChI=1S/C28H26N4OS2/c1-4-19-9-8-12-22(17-19)32-18(2)24(25(29-28(32)34)20-10-6-5-7-11-20)27-30-26(31-33-27)21-13-15-23(35-3)16-14-21/h5-17,25H,4H2,1-3H3,(H,29,34). The van der Waals surface area contributed by atoms with Crippen molar-refractivity contribution in [2.24, 2.45) is 0 Å². The predicted molar refractivity (Wildman–Crippen MR) is 147 cm³/mol. The summed E-state index contributed by atoms with van der Waals surface area (Å²) in [5.41, 5.74) is 6.12. The van der Waals surface area contributed by atoms with E-state index < -0.39 is 0 Å². The fraction of sp³-hybridized carbons (Fsp3) is 0.179. The Morgan fingerprint density at radius 3 is 2.51 bits per heavy atom. The van der Waals surface area contributed by atoms with E-state index in [4.69, 9.17) is 21.7 Å². The lowest BCUT2D eigenvalue weighted by Gasteiger charge is -2.37. The normalized spacial score (nSPS) is 15.9. The molecular weight excluding hydrogens is 472 g/mol. The molecule has 0 spiro atoms. The number of aryl methyl sites for hydroxylation is 1. The van der Waals surface area contributed by atoms with E-state index in [-0.39, 0.29) is 6.04 Å². The van der Waals surface area contributed by atoms with Crippen molar-refractivity contribution in [1.82, 2.24) is 15.5 Å². The number of aromatic nitrogens is 2. The van der Waals surface area contributed by atoms with Gasteiger partial charge in [-0.2, -0.15) is 4.98 Å². The van der Waals surface area contributed by atoms with Gasteiger partial charge in [-0.05, 0) is 79.3 Å². The molecule has 3 aromatic carbocycles. The van der Waals surface area contributed by atoms with E-state index in [1.807, 2.05) is 30.3 Å². The van der Waals surface area contributed by atoms with E-state index in [1.165, 1.54) is 10.5 Å². The minimum Gasteiger partial charge on any atom is -0.351 e. The number of rotatable bonds is 6. The van der Waals surface area contributed by atoms with Crippen molar-refractivity contribution in [3.63, 3.8) is 0 Å². The van der Waals surface area contributed by atoms with Crippen molar-refractivity contribution in [2.45, 2.75) is 31.2 Å². The topological polar surface area (TPSA) is 54.2 Å². The predicted octanol–water partition coefficient (Wildman–Crippen LogP) is 6.89. The lowest BCUT2D eigenvalue weighted by Crippen LogP contribution is -2.46. The molecule has 4 aromatic rings. The molecule has 7 heteroatoms. The van der Waals surface area contributed by atoms with Crippen molar-refractivity contribution in [1.29, 1.82) is 0 Å². The van der Waals surface area contributed by atoms with Gasteiger partial charge >= 0.3 is 0 Å². The van der Waals surface area contributed by atoms with Gasteiger partial charge in [-0.1, -0.05) is 54.5 Å². The Hall–Kier alpha value is -3.42. The van der Waals surface area contributed by atoms with Gasteiger partial charge in [0.15, 0.2) is 5.11 Å². The maximum absolute atomic E-state index is 5.87. The third-order valence-electron chi connectivity index (χ3n) is 6.20. The molecular formula is C28H26N4OS2. The summed E-state index contributed by atoms with van der Waals surface area (Å²) in [6.45, 7) is 4.21. The highest BCUT2D eigenvalue weighted by molar-refractivity contribution is 7.98. The zero-order chi connectivity index (χ0) is 24.4. The molecule has 1 atom stereocenters. The molecule has 0 radical (unpaired) electrons. The van der Waals surface area contributed by atoms with Crippen LogP contribution in [0.2, 0.25) is 0 Å². The summed E-state index contributed by atoms with van der Waals surface area (Å²) in [4.78, 5) is 8.07. The van der Waals surface area contributed by atoms with Crippen molar-refractivity contribution in [2.75, 3.05) is 11.2 Å². The Bertz CT molecular complexity index is 1380. The van der Waals surface area contributed by atoms with Gasteiger partial charge in [0.25, 0.3) is 5.89 Å². The number of anilines is 1. The third kappa shape index (κ3) is 4.61. The van der Waals surface area contributed by atoms with E-state index in [1.54, 1.807) is 11.8 Å². The second-order valence-electron chi connectivity index (χ2n) is 8.30. The number of nitrogens with one attached hydrogen (secondary N) is 1. The monoisotopic (exact) mass is 498 g/mol. The van der Waals surface area contributed by atoms with Crippen LogP contribution >= 0.6 is 24.0 Å². The number of thioether (sulfide) groups is 1. The molecule has 5 nitrogen and oxygen atoms in total.